The van der Waals surface area contributed by atoms with E-state index in [-0.39, 0.29) is 6.10 Å². The summed E-state index contributed by atoms with van der Waals surface area (Å²) in [4.78, 5) is 0. The summed E-state index contributed by atoms with van der Waals surface area (Å²) >= 11 is -2.88. The standard InChI is InChI=1S/C6H12O3Se/c7-10(8)9-6-4-2-1-3-5-6/h6H,1-5H2,(H,7,8). The van der Waals surface area contributed by atoms with E-state index >= 15 is 0 Å². The Morgan fingerprint density at radius 1 is 1.30 bits per heavy atom. The van der Waals surface area contributed by atoms with Crippen molar-refractivity contribution in [2.45, 2.75) is 38.2 Å². The average molecular weight is 211 g/mol. The van der Waals surface area contributed by atoms with Gasteiger partial charge in [0.05, 0.1) is 0 Å². The van der Waals surface area contributed by atoms with Crippen LogP contribution in [0.3, 0.4) is 0 Å². The maximum absolute atomic E-state index is 10.3. The SMILES string of the molecule is O=[Se](O)OC1CCCCC1. The van der Waals surface area contributed by atoms with Crippen molar-refractivity contribution in [1.29, 1.82) is 0 Å². The average Bonchev–Trinajstić information content (AvgIpc) is 1.88. The molecule has 1 atom stereocenters. The quantitative estimate of drug-likeness (QED) is 0.685. The Balaban J connectivity index is 2.19. The normalized spacial score (nSPS) is 24.5. The zero-order valence-electron chi connectivity index (χ0n) is 5.78. The Bertz CT molecular complexity index is 120. The Morgan fingerprint density at radius 3 is 2.40 bits per heavy atom. The third-order valence-corrected chi connectivity index (χ3v) is 2.69. The molecule has 1 unspecified atom stereocenters. The van der Waals surface area contributed by atoms with E-state index in [2.05, 4.69) is 0 Å². The molecule has 1 aliphatic carbocycles. The van der Waals surface area contributed by atoms with Gasteiger partial charge in [0.2, 0.25) is 0 Å². The predicted molar refractivity (Wildman–Crippen MR) is 36.6 cm³/mol. The van der Waals surface area contributed by atoms with Gasteiger partial charge in [0.25, 0.3) is 0 Å². The molecule has 0 bridgehead atoms. The van der Waals surface area contributed by atoms with Gasteiger partial charge in [-0.3, -0.25) is 0 Å². The zero-order valence-corrected chi connectivity index (χ0v) is 7.50. The van der Waals surface area contributed by atoms with Gasteiger partial charge in [-0.15, -0.1) is 0 Å². The van der Waals surface area contributed by atoms with Gasteiger partial charge in [0, 0.05) is 0 Å². The van der Waals surface area contributed by atoms with E-state index in [1.807, 2.05) is 0 Å². The van der Waals surface area contributed by atoms with Crippen molar-refractivity contribution in [2.75, 3.05) is 0 Å². The molecule has 0 radical (unpaired) electrons. The van der Waals surface area contributed by atoms with Crippen molar-refractivity contribution in [3.05, 3.63) is 0 Å². The number of hydrogen-bond acceptors (Lipinski definition) is 2. The molecule has 0 spiro atoms. The molecule has 0 aliphatic heterocycles. The molecule has 1 N–H and O–H groups in total. The van der Waals surface area contributed by atoms with E-state index in [1.165, 1.54) is 6.42 Å². The molecule has 0 heterocycles. The third-order valence-electron chi connectivity index (χ3n) is 1.77. The summed E-state index contributed by atoms with van der Waals surface area (Å²) in [5.41, 5.74) is 0. The van der Waals surface area contributed by atoms with Gasteiger partial charge in [-0.1, -0.05) is 0 Å². The second-order valence-corrected chi connectivity index (χ2v) is 3.89. The molecule has 0 aromatic rings. The molecule has 1 aliphatic rings. The molecule has 1 saturated carbocycles. The van der Waals surface area contributed by atoms with Gasteiger partial charge in [0.1, 0.15) is 0 Å². The van der Waals surface area contributed by atoms with Crippen LogP contribution in [0.4, 0.5) is 0 Å². The number of rotatable bonds is 2. The predicted octanol–water partition coefficient (Wildman–Crippen LogP) is 0.743. The van der Waals surface area contributed by atoms with E-state index in [4.69, 9.17) is 8.01 Å². The van der Waals surface area contributed by atoms with E-state index in [9.17, 15) is 3.83 Å². The van der Waals surface area contributed by atoms with Crippen molar-refractivity contribution in [1.82, 2.24) is 0 Å². The Kier molecular flexibility index (Phi) is 3.49. The van der Waals surface area contributed by atoms with Crippen LogP contribution >= 0.6 is 0 Å². The monoisotopic (exact) mass is 212 g/mol. The van der Waals surface area contributed by atoms with Gasteiger partial charge < -0.3 is 0 Å². The van der Waals surface area contributed by atoms with Gasteiger partial charge in [-0.25, -0.2) is 0 Å². The Hall–Kier alpha value is 0.239. The van der Waals surface area contributed by atoms with Crippen LogP contribution in [0.1, 0.15) is 32.1 Å². The molecule has 60 valence electrons. The minimum atomic E-state index is -2.88. The fraction of sp³-hybridized carbons (Fsp3) is 1.00. The van der Waals surface area contributed by atoms with Crippen LogP contribution in [0.25, 0.3) is 0 Å². The van der Waals surface area contributed by atoms with Crippen LogP contribution in [0.2, 0.25) is 0 Å². The van der Waals surface area contributed by atoms with E-state index in [0.717, 1.165) is 25.7 Å². The summed E-state index contributed by atoms with van der Waals surface area (Å²) in [5.74, 6) is 0. The molecule has 0 aromatic heterocycles. The second kappa shape index (κ2) is 4.19. The van der Waals surface area contributed by atoms with Crippen LogP contribution in [-0.2, 0) is 7.65 Å². The molecule has 3 nitrogen and oxygen atoms in total. The van der Waals surface area contributed by atoms with E-state index in [0.29, 0.717) is 0 Å². The van der Waals surface area contributed by atoms with Crippen molar-refractivity contribution in [3.8, 4) is 0 Å². The van der Waals surface area contributed by atoms with Crippen LogP contribution in [-0.4, -0.2) is 24.8 Å². The van der Waals surface area contributed by atoms with Crippen molar-refractivity contribution < 1.29 is 11.8 Å². The summed E-state index contributed by atoms with van der Waals surface area (Å²) in [6, 6.07) is 0. The second-order valence-electron chi connectivity index (χ2n) is 2.57. The minimum absolute atomic E-state index is 0.0706. The molecular weight excluding hydrogens is 199 g/mol. The first-order chi connectivity index (χ1) is 4.79. The molecular formula is C6H12O3Se. The summed E-state index contributed by atoms with van der Waals surface area (Å²) in [6.45, 7) is 0. The van der Waals surface area contributed by atoms with Gasteiger partial charge in [0.15, 0.2) is 0 Å². The zero-order chi connectivity index (χ0) is 7.40. The van der Waals surface area contributed by atoms with Crippen LogP contribution in [0.5, 0.6) is 0 Å². The van der Waals surface area contributed by atoms with Crippen molar-refractivity contribution in [3.63, 3.8) is 0 Å². The van der Waals surface area contributed by atoms with Crippen molar-refractivity contribution in [2.24, 2.45) is 0 Å². The molecule has 0 aromatic carbocycles. The first-order valence-corrected chi connectivity index (χ1v) is 5.73. The summed E-state index contributed by atoms with van der Waals surface area (Å²) in [6.07, 6.45) is 5.52. The molecule has 1 fully saturated rings. The molecule has 0 saturated heterocycles. The molecule has 10 heavy (non-hydrogen) atoms. The molecule has 1 rings (SSSR count). The van der Waals surface area contributed by atoms with Crippen LogP contribution in [0, 0.1) is 0 Å². The first-order valence-electron chi connectivity index (χ1n) is 3.57. The Labute approximate surface area is 65.1 Å². The summed E-state index contributed by atoms with van der Waals surface area (Å²) in [5, 5.41) is 0. The molecule has 4 heteroatoms. The first kappa shape index (κ1) is 8.34. The topological polar surface area (TPSA) is 46.5 Å². The molecule has 0 amide bonds. The maximum atomic E-state index is 10.3. The van der Waals surface area contributed by atoms with E-state index < -0.39 is 14.5 Å². The van der Waals surface area contributed by atoms with Crippen LogP contribution < -0.4 is 0 Å². The van der Waals surface area contributed by atoms with Crippen molar-refractivity contribution >= 4 is 14.5 Å². The fourth-order valence-electron chi connectivity index (χ4n) is 1.28. The van der Waals surface area contributed by atoms with Crippen LogP contribution in [0.15, 0.2) is 0 Å². The fourth-order valence-corrected chi connectivity index (χ4v) is 2.17. The summed E-state index contributed by atoms with van der Waals surface area (Å²) in [7, 11) is 0. The van der Waals surface area contributed by atoms with E-state index in [1.54, 1.807) is 0 Å². The van der Waals surface area contributed by atoms with Gasteiger partial charge in [-0.05, 0) is 0 Å². The number of hydrogen-bond donors (Lipinski definition) is 1. The van der Waals surface area contributed by atoms with Gasteiger partial charge in [-0.2, -0.15) is 0 Å². The third kappa shape index (κ3) is 2.88. The summed E-state index contributed by atoms with van der Waals surface area (Å²) < 4.78 is 23.5. The Morgan fingerprint density at radius 2 is 1.90 bits per heavy atom. The van der Waals surface area contributed by atoms with Gasteiger partial charge >= 0.3 is 64.5 Å².